The van der Waals surface area contributed by atoms with Crippen molar-refractivity contribution in [2.24, 2.45) is 0 Å². The molecule has 3 heteroatoms. The Morgan fingerprint density at radius 3 is 2.50 bits per heavy atom. The highest BCUT2D eigenvalue weighted by Crippen LogP contribution is 2.27. The summed E-state index contributed by atoms with van der Waals surface area (Å²) in [5.41, 5.74) is 4.66. The van der Waals surface area contributed by atoms with Crippen LogP contribution in [0, 0.1) is 13.8 Å². The summed E-state index contributed by atoms with van der Waals surface area (Å²) in [5, 5.41) is 0.515. The molecule has 0 saturated carbocycles. The van der Waals surface area contributed by atoms with E-state index in [1.54, 1.807) is 6.92 Å². The molecule has 0 radical (unpaired) electrons. The first kappa shape index (κ1) is 16.5. The molecule has 0 fully saturated rings. The summed E-state index contributed by atoms with van der Waals surface area (Å²) in [4.78, 5) is 0. The van der Waals surface area contributed by atoms with Gasteiger partial charge in [0.1, 0.15) is 18.1 Å². The molecule has 0 heterocycles. The summed E-state index contributed by atoms with van der Waals surface area (Å²) < 4.78 is 11.7. The van der Waals surface area contributed by atoms with Crippen LogP contribution in [-0.2, 0) is 13.0 Å². The molecule has 0 aliphatic rings. The second-order valence-corrected chi connectivity index (χ2v) is 5.97. The van der Waals surface area contributed by atoms with Gasteiger partial charge in [-0.2, -0.15) is 0 Å². The number of rotatable bonds is 5. The average Bonchev–Trinajstić information content (AvgIpc) is 2.46. The maximum Gasteiger partial charge on any atom is 0.164 e. The third kappa shape index (κ3) is 4.08. The summed E-state index contributed by atoms with van der Waals surface area (Å²) in [6.45, 7) is 8.53. The number of benzene rings is 2. The molecule has 0 spiro atoms. The lowest BCUT2D eigenvalue weighted by atomic mass is 10.0. The van der Waals surface area contributed by atoms with Crippen molar-refractivity contribution in [3.05, 3.63) is 58.7 Å². The summed E-state index contributed by atoms with van der Waals surface area (Å²) in [6, 6.07) is 12.2. The Kier molecular flexibility index (Phi) is 5.56. The first-order valence-electron chi connectivity index (χ1n) is 7.50. The molecule has 2 nitrogen and oxygen atoms in total. The number of hydrogen-bond donors (Lipinski definition) is 0. The first-order chi connectivity index (χ1) is 10.5. The standard InChI is InChI=1S/C19H22O2S/c1-5-16-7-6-8-19(21-15(4)22)17(16)12-20-18-10-9-13(2)11-14(18)3/h6-11H,5,12H2,1-4H3. The Morgan fingerprint density at radius 2 is 1.86 bits per heavy atom. The van der Waals surface area contributed by atoms with Gasteiger partial charge in [-0.1, -0.05) is 36.8 Å². The van der Waals surface area contributed by atoms with Crippen molar-refractivity contribution in [2.75, 3.05) is 0 Å². The van der Waals surface area contributed by atoms with E-state index in [9.17, 15) is 0 Å². The molecule has 2 aromatic carbocycles. The minimum Gasteiger partial charge on any atom is -0.488 e. The van der Waals surface area contributed by atoms with Gasteiger partial charge in [0.2, 0.25) is 0 Å². The SMILES string of the molecule is CCc1cccc(OC(C)=S)c1COc1ccc(C)cc1C. The van der Waals surface area contributed by atoms with E-state index in [0.29, 0.717) is 11.7 Å². The molecule has 0 bridgehead atoms. The minimum absolute atomic E-state index is 0.478. The smallest absolute Gasteiger partial charge is 0.164 e. The van der Waals surface area contributed by atoms with E-state index in [1.165, 1.54) is 11.1 Å². The monoisotopic (exact) mass is 314 g/mol. The van der Waals surface area contributed by atoms with E-state index >= 15 is 0 Å². The predicted molar refractivity (Wildman–Crippen MR) is 95.0 cm³/mol. The Morgan fingerprint density at radius 1 is 1.09 bits per heavy atom. The van der Waals surface area contributed by atoms with E-state index in [4.69, 9.17) is 21.7 Å². The zero-order valence-corrected chi connectivity index (χ0v) is 14.4. The fraction of sp³-hybridized carbons (Fsp3) is 0.316. The van der Waals surface area contributed by atoms with Crippen LogP contribution >= 0.6 is 12.2 Å². The quantitative estimate of drug-likeness (QED) is 0.709. The lowest BCUT2D eigenvalue weighted by Crippen LogP contribution is -2.07. The van der Waals surface area contributed by atoms with Crippen LogP contribution in [0.15, 0.2) is 36.4 Å². The van der Waals surface area contributed by atoms with Crippen LogP contribution in [0.1, 0.15) is 36.1 Å². The molecule has 22 heavy (non-hydrogen) atoms. The van der Waals surface area contributed by atoms with Crippen LogP contribution in [0.4, 0.5) is 0 Å². The Bertz CT molecular complexity index is 677. The van der Waals surface area contributed by atoms with Crippen molar-refractivity contribution in [1.82, 2.24) is 0 Å². The molecule has 0 aliphatic heterocycles. The zero-order chi connectivity index (χ0) is 16.1. The highest BCUT2D eigenvalue weighted by atomic mass is 32.1. The van der Waals surface area contributed by atoms with Gasteiger partial charge in [-0.05, 0) is 55.7 Å². The van der Waals surface area contributed by atoms with Gasteiger partial charge in [0.15, 0.2) is 5.05 Å². The van der Waals surface area contributed by atoms with Crippen molar-refractivity contribution in [1.29, 1.82) is 0 Å². The summed E-state index contributed by atoms with van der Waals surface area (Å²) >= 11 is 5.07. The van der Waals surface area contributed by atoms with E-state index in [1.807, 2.05) is 18.2 Å². The predicted octanol–water partition coefficient (Wildman–Crippen LogP) is 5.17. The van der Waals surface area contributed by atoms with Gasteiger partial charge in [0, 0.05) is 12.5 Å². The molecule has 0 unspecified atom stereocenters. The highest BCUT2D eigenvalue weighted by Gasteiger charge is 2.11. The second-order valence-electron chi connectivity index (χ2n) is 5.40. The number of hydrogen-bond acceptors (Lipinski definition) is 3. The van der Waals surface area contributed by atoms with Crippen molar-refractivity contribution >= 4 is 17.3 Å². The largest absolute Gasteiger partial charge is 0.488 e. The van der Waals surface area contributed by atoms with Gasteiger partial charge in [0.05, 0.1) is 0 Å². The van der Waals surface area contributed by atoms with Gasteiger partial charge >= 0.3 is 0 Å². The fourth-order valence-corrected chi connectivity index (χ4v) is 2.56. The van der Waals surface area contributed by atoms with Gasteiger partial charge in [-0.15, -0.1) is 0 Å². The average molecular weight is 314 g/mol. The van der Waals surface area contributed by atoms with Crippen LogP contribution in [0.5, 0.6) is 11.5 Å². The molecule has 0 aliphatic carbocycles. The highest BCUT2D eigenvalue weighted by molar-refractivity contribution is 7.80. The van der Waals surface area contributed by atoms with Crippen molar-refractivity contribution in [3.8, 4) is 11.5 Å². The van der Waals surface area contributed by atoms with Gasteiger partial charge in [-0.25, -0.2) is 0 Å². The molecule has 0 atom stereocenters. The first-order valence-corrected chi connectivity index (χ1v) is 7.91. The number of thiocarbonyl (C=S) groups is 1. The van der Waals surface area contributed by atoms with E-state index in [-0.39, 0.29) is 0 Å². The van der Waals surface area contributed by atoms with Gasteiger partial charge < -0.3 is 9.47 Å². The normalized spacial score (nSPS) is 10.4. The van der Waals surface area contributed by atoms with E-state index < -0.39 is 0 Å². The topological polar surface area (TPSA) is 18.5 Å². The second kappa shape index (κ2) is 7.41. The van der Waals surface area contributed by atoms with E-state index in [0.717, 1.165) is 29.0 Å². The molecule has 0 aromatic heterocycles. The Labute approximate surface area is 138 Å². The maximum atomic E-state index is 6.02. The molecule has 2 aromatic rings. The van der Waals surface area contributed by atoms with Gasteiger partial charge in [0.25, 0.3) is 0 Å². The lowest BCUT2D eigenvalue weighted by Gasteiger charge is -2.16. The minimum atomic E-state index is 0.478. The van der Waals surface area contributed by atoms with Crippen molar-refractivity contribution < 1.29 is 9.47 Å². The van der Waals surface area contributed by atoms with Crippen molar-refractivity contribution in [2.45, 2.75) is 40.7 Å². The molecule has 2 rings (SSSR count). The molecule has 116 valence electrons. The molecule has 0 N–H and O–H groups in total. The lowest BCUT2D eigenvalue weighted by molar-refractivity contribution is 0.298. The van der Waals surface area contributed by atoms with Crippen LogP contribution in [-0.4, -0.2) is 5.05 Å². The van der Waals surface area contributed by atoms with Crippen LogP contribution in [0.2, 0.25) is 0 Å². The van der Waals surface area contributed by atoms with Gasteiger partial charge in [-0.3, -0.25) is 0 Å². The van der Waals surface area contributed by atoms with Crippen LogP contribution in [0.25, 0.3) is 0 Å². The summed E-state index contributed by atoms with van der Waals surface area (Å²) in [6.07, 6.45) is 0.930. The Hall–Kier alpha value is -1.87. The Balaban J connectivity index is 2.25. The summed E-state index contributed by atoms with van der Waals surface area (Å²) in [5.74, 6) is 1.69. The number of aryl methyl sites for hydroxylation is 3. The van der Waals surface area contributed by atoms with Crippen molar-refractivity contribution in [3.63, 3.8) is 0 Å². The molecule has 0 amide bonds. The summed E-state index contributed by atoms with van der Waals surface area (Å²) in [7, 11) is 0. The maximum absolute atomic E-state index is 6.02. The van der Waals surface area contributed by atoms with Crippen LogP contribution < -0.4 is 9.47 Å². The van der Waals surface area contributed by atoms with Crippen LogP contribution in [0.3, 0.4) is 0 Å². The van der Waals surface area contributed by atoms with E-state index in [2.05, 4.69) is 39.0 Å². The number of ether oxygens (including phenoxy) is 2. The third-order valence-corrected chi connectivity index (χ3v) is 3.65. The molecular formula is C19H22O2S. The molecular weight excluding hydrogens is 292 g/mol. The molecule has 0 saturated heterocycles. The fourth-order valence-electron chi connectivity index (χ4n) is 2.47. The third-order valence-electron chi connectivity index (χ3n) is 3.57. The zero-order valence-electron chi connectivity index (χ0n) is 13.6.